The Kier molecular flexibility index (Phi) is 193. The van der Waals surface area contributed by atoms with Crippen LogP contribution in [-0.2, 0) is 0 Å². The first kappa shape index (κ1) is 20.3. The minimum atomic E-state index is 0. The number of hydrogen-bond acceptors (Lipinski definition) is 1. The third-order valence-corrected chi connectivity index (χ3v) is 0. The third kappa shape index (κ3) is 12.4. The quantitative estimate of drug-likeness (QED) is 0.616. The highest BCUT2D eigenvalue weighted by atomic mass is 127. The molecule has 0 atom stereocenters. The van der Waals surface area contributed by atoms with Gasteiger partial charge in [-0.25, -0.2) is 5.26 Å². The van der Waals surface area contributed by atoms with E-state index in [9.17, 15) is 0 Å². The molecule has 0 unspecified atom stereocenters. The summed E-state index contributed by atoms with van der Waals surface area (Å²) in [6, 6.07) is 0. The first-order valence-corrected chi connectivity index (χ1v) is 0.258. The summed E-state index contributed by atoms with van der Waals surface area (Å²) in [5, 5.41) is 6.50. The van der Waals surface area contributed by atoms with E-state index in [2.05, 4.69) is 6.57 Å². The molecule has 0 spiro atoms. The van der Waals surface area contributed by atoms with Gasteiger partial charge in [0.05, 0.1) is 0 Å². The van der Waals surface area contributed by atoms with Crippen molar-refractivity contribution in [3.63, 3.8) is 0 Å². The molecule has 0 aromatic heterocycles. The Morgan fingerprint density at radius 2 is 1.00 bits per heavy atom. The van der Waals surface area contributed by atoms with Crippen LogP contribution in [0.4, 0.5) is 0 Å². The standard InChI is InChI=1S/CHN.2HI/c1-2;;/h1H;2*1H. The maximum atomic E-state index is 6.50. The SMILES string of the molecule is C#N.I.I. The van der Waals surface area contributed by atoms with Gasteiger partial charge in [0.2, 0.25) is 0 Å². The third-order valence-electron chi connectivity index (χ3n) is 0. The Balaban J connectivity index is -0.00000000500. The van der Waals surface area contributed by atoms with Gasteiger partial charge in [0, 0.05) is 6.57 Å². The molecule has 0 heterocycles. The normalized spacial score (nSPS) is 0.500. The van der Waals surface area contributed by atoms with E-state index < -0.39 is 0 Å². The molecule has 0 aliphatic rings. The molecule has 4 heavy (non-hydrogen) atoms. The Bertz CT molecular complexity index is 10.8. The van der Waals surface area contributed by atoms with E-state index >= 15 is 0 Å². The smallest absolute Gasteiger partial charge is 0.0462 e. The Morgan fingerprint density at radius 1 is 1.00 bits per heavy atom. The van der Waals surface area contributed by atoms with Crippen molar-refractivity contribution in [1.82, 2.24) is 0 Å². The van der Waals surface area contributed by atoms with Gasteiger partial charge in [-0.15, -0.1) is 48.0 Å². The van der Waals surface area contributed by atoms with E-state index in [-0.39, 0.29) is 48.0 Å². The molecule has 0 aliphatic heterocycles. The summed E-state index contributed by atoms with van der Waals surface area (Å²) in [5.74, 6) is 0. The molecule has 0 aromatic carbocycles. The summed E-state index contributed by atoms with van der Waals surface area (Å²) in [5.41, 5.74) is 0. The van der Waals surface area contributed by atoms with Gasteiger partial charge < -0.3 is 0 Å². The lowest BCUT2D eigenvalue weighted by molar-refractivity contribution is 1.58. The fourth-order valence-corrected chi connectivity index (χ4v) is 0. The average molecular weight is 283 g/mol. The highest BCUT2D eigenvalue weighted by Crippen LogP contribution is 0.887. The molecule has 0 fully saturated rings. The molecule has 26 valence electrons. The van der Waals surface area contributed by atoms with Crippen molar-refractivity contribution in [2.24, 2.45) is 0 Å². The van der Waals surface area contributed by atoms with Crippen LogP contribution in [0.5, 0.6) is 0 Å². The summed E-state index contributed by atoms with van der Waals surface area (Å²) < 4.78 is 0. The fourth-order valence-electron chi connectivity index (χ4n) is 0. The minimum Gasteiger partial charge on any atom is -0.202 e. The van der Waals surface area contributed by atoms with Gasteiger partial charge >= 0.3 is 0 Å². The van der Waals surface area contributed by atoms with Gasteiger partial charge in [0.25, 0.3) is 0 Å². The van der Waals surface area contributed by atoms with Gasteiger partial charge in [0.15, 0.2) is 0 Å². The van der Waals surface area contributed by atoms with Crippen LogP contribution in [0.1, 0.15) is 0 Å². The van der Waals surface area contributed by atoms with E-state index in [0.717, 1.165) is 0 Å². The van der Waals surface area contributed by atoms with Crippen LogP contribution < -0.4 is 0 Å². The molecule has 0 amide bonds. The molecule has 0 aliphatic carbocycles. The lowest BCUT2D eigenvalue weighted by atomic mass is 11.9. The molecule has 0 rings (SSSR count). The summed E-state index contributed by atoms with van der Waals surface area (Å²) in [4.78, 5) is 0. The topological polar surface area (TPSA) is 23.8 Å². The molecule has 0 saturated heterocycles. The largest absolute Gasteiger partial charge is 0.202 e. The van der Waals surface area contributed by atoms with Crippen LogP contribution in [-0.4, -0.2) is 0 Å². The second-order valence-electron chi connectivity index (χ2n) is 0. The molecular weight excluding hydrogens is 280 g/mol. The fraction of sp³-hybridized carbons (Fsp3) is 0. The maximum Gasteiger partial charge on any atom is 0.0462 e. The number of nitrogens with zero attached hydrogens (tertiary/aromatic N) is 1. The Morgan fingerprint density at radius 3 is 1.00 bits per heavy atom. The molecule has 0 N–H and O–H groups in total. The zero-order valence-electron chi connectivity index (χ0n) is 1.84. The summed E-state index contributed by atoms with van der Waals surface area (Å²) in [6.07, 6.45) is 0. The number of halogens is 2. The maximum absolute atomic E-state index is 6.50. The van der Waals surface area contributed by atoms with E-state index in [1.54, 1.807) is 0 Å². The molecule has 0 aromatic rings. The van der Waals surface area contributed by atoms with E-state index in [1.807, 2.05) is 0 Å². The molecule has 0 radical (unpaired) electrons. The second kappa shape index (κ2) is 38.1. The second-order valence-corrected chi connectivity index (χ2v) is 0. The first-order valence-electron chi connectivity index (χ1n) is 0.258. The van der Waals surface area contributed by atoms with Gasteiger partial charge in [-0.05, 0) is 0 Å². The van der Waals surface area contributed by atoms with Crippen LogP contribution in [0.15, 0.2) is 0 Å². The number of nitriles is 1. The summed E-state index contributed by atoms with van der Waals surface area (Å²) in [6.45, 7) is 3.50. The zero-order valence-corrected chi connectivity index (χ0v) is 6.50. The van der Waals surface area contributed by atoms with Gasteiger partial charge in [-0.2, -0.15) is 0 Å². The lowest BCUT2D eigenvalue weighted by Gasteiger charge is -0.668. The van der Waals surface area contributed by atoms with Crippen molar-refractivity contribution in [3.05, 3.63) is 0 Å². The van der Waals surface area contributed by atoms with Crippen LogP contribution in [0.3, 0.4) is 0 Å². The predicted octanol–water partition coefficient (Wildman–Crippen LogP) is 1.38. The molecule has 0 bridgehead atoms. The summed E-state index contributed by atoms with van der Waals surface area (Å²) >= 11 is 0. The lowest BCUT2D eigenvalue weighted by Crippen LogP contribution is -0.569. The monoisotopic (exact) mass is 283 g/mol. The van der Waals surface area contributed by atoms with Crippen molar-refractivity contribution in [2.75, 3.05) is 0 Å². The van der Waals surface area contributed by atoms with Crippen molar-refractivity contribution in [1.29, 1.82) is 5.26 Å². The minimum absolute atomic E-state index is 0. The van der Waals surface area contributed by atoms with Crippen molar-refractivity contribution < 1.29 is 0 Å². The number of hydrogen-bond donors (Lipinski definition) is 0. The van der Waals surface area contributed by atoms with Gasteiger partial charge in [-0.3, -0.25) is 0 Å². The van der Waals surface area contributed by atoms with Crippen LogP contribution in [0.2, 0.25) is 0 Å². The Hall–Kier alpha value is 0.950. The molecule has 1 nitrogen and oxygen atoms in total. The van der Waals surface area contributed by atoms with E-state index in [0.29, 0.717) is 0 Å². The van der Waals surface area contributed by atoms with Crippen molar-refractivity contribution in [2.45, 2.75) is 0 Å². The van der Waals surface area contributed by atoms with Crippen LogP contribution in [0, 0.1) is 11.8 Å². The van der Waals surface area contributed by atoms with Crippen molar-refractivity contribution in [3.8, 4) is 6.57 Å². The molecule has 0 saturated carbocycles. The van der Waals surface area contributed by atoms with E-state index in [4.69, 9.17) is 5.26 Å². The Labute approximate surface area is 59.4 Å². The highest BCUT2D eigenvalue weighted by molar-refractivity contribution is 14.0. The predicted molar refractivity (Wildman–Crippen MR) is 37.5 cm³/mol. The van der Waals surface area contributed by atoms with Crippen LogP contribution >= 0.6 is 48.0 Å². The van der Waals surface area contributed by atoms with Gasteiger partial charge in [-0.1, -0.05) is 0 Å². The van der Waals surface area contributed by atoms with Crippen molar-refractivity contribution >= 4 is 48.0 Å². The first-order chi connectivity index (χ1) is 1.00. The number of rotatable bonds is 0. The summed E-state index contributed by atoms with van der Waals surface area (Å²) in [7, 11) is 0. The molecular formula is CH3I2N. The van der Waals surface area contributed by atoms with E-state index in [1.165, 1.54) is 0 Å². The van der Waals surface area contributed by atoms with Gasteiger partial charge in [0.1, 0.15) is 0 Å². The van der Waals surface area contributed by atoms with Crippen LogP contribution in [0.25, 0.3) is 0 Å². The zero-order chi connectivity index (χ0) is 2.00. The molecule has 3 heteroatoms. The average Bonchev–Trinajstić information content (AvgIpc) is 1.00. The highest BCUT2D eigenvalue weighted by Gasteiger charge is 0.513.